The van der Waals surface area contributed by atoms with E-state index in [1.165, 1.54) is 12.1 Å². The van der Waals surface area contributed by atoms with Crippen molar-refractivity contribution in [3.05, 3.63) is 51.8 Å². The van der Waals surface area contributed by atoms with E-state index in [9.17, 15) is 23.3 Å². The number of hydrogen-bond donors (Lipinski definition) is 0. The molecule has 0 saturated heterocycles. The van der Waals surface area contributed by atoms with Gasteiger partial charge in [0.05, 0.1) is 4.92 Å². The molecule has 1 aliphatic rings. The zero-order valence-corrected chi connectivity index (χ0v) is 9.52. The largest absolute Gasteiger partial charge is 0.446 e. The van der Waals surface area contributed by atoms with Gasteiger partial charge in [-0.05, 0) is 12.1 Å². The molecule has 0 amide bonds. The van der Waals surface area contributed by atoms with Gasteiger partial charge in [-0.2, -0.15) is 13.2 Å². The number of fused-ring (bicyclic) bond motifs is 2. The van der Waals surface area contributed by atoms with Crippen molar-refractivity contribution in [2.24, 2.45) is 0 Å². The second-order valence-corrected chi connectivity index (χ2v) is 3.86. The predicted octanol–water partition coefficient (Wildman–Crippen LogP) is 3.91. The first-order valence-corrected chi connectivity index (χ1v) is 5.30. The summed E-state index contributed by atoms with van der Waals surface area (Å²) in [6.07, 6.45) is 0. The van der Waals surface area contributed by atoms with E-state index < -0.39 is 39.6 Å². The smallest absolute Gasteiger partial charge is 0.347 e. The molecule has 0 aliphatic carbocycles. The molecule has 0 fully saturated rings. The van der Waals surface area contributed by atoms with Gasteiger partial charge in [0.2, 0.25) is 29.0 Å². The lowest BCUT2D eigenvalue weighted by atomic mass is 10.2. The van der Waals surface area contributed by atoms with Crippen LogP contribution in [0.25, 0.3) is 0 Å². The molecule has 0 bridgehead atoms. The molecule has 0 N–H and O–H groups in total. The molecule has 2 aromatic carbocycles. The maximum atomic E-state index is 13.9. The Balaban J connectivity index is 2.27. The van der Waals surface area contributed by atoms with Crippen molar-refractivity contribution >= 4 is 5.69 Å². The summed E-state index contributed by atoms with van der Waals surface area (Å²) in [4.78, 5) is 9.23. The lowest BCUT2D eigenvalue weighted by molar-refractivity contribution is -0.390. The first-order valence-electron chi connectivity index (χ1n) is 5.30. The zero-order chi connectivity index (χ0) is 14.4. The summed E-state index contributed by atoms with van der Waals surface area (Å²) in [5.74, 6) is -6.86. The third kappa shape index (κ3) is 1.58. The molecule has 0 aromatic heterocycles. The third-order valence-electron chi connectivity index (χ3n) is 2.67. The Morgan fingerprint density at radius 2 is 1.40 bits per heavy atom. The van der Waals surface area contributed by atoms with Crippen LogP contribution < -0.4 is 9.47 Å². The van der Waals surface area contributed by atoms with Gasteiger partial charge in [0.25, 0.3) is 0 Å². The highest BCUT2D eigenvalue weighted by Gasteiger charge is 2.37. The Morgan fingerprint density at radius 3 is 1.90 bits per heavy atom. The van der Waals surface area contributed by atoms with Crippen LogP contribution in [-0.2, 0) is 0 Å². The van der Waals surface area contributed by atoms with Gasteiger partial charge in [0.15, 0.2) is 11.5 Å². The molecule has 0 unspecified atom stereocenters. The van der Waals surface area contributed by atoms with Gasteiger partial charge in [0, 0.05) is 0 Å². The molecule has 102 valence electrons. The molecular formula is C12H4F3NO4. The van der Waals surface area contributed by atoms with Crippen molar-refractivity contribution in [3.63, 3.8) is 0 Å². The molecule has 3 rings (SSSR count). The topological polar surface area (TPSA) is 61.6 Å². The van der Waals surface area contributed by atoms with Crippen LogP contribution in [0, 0.1) is 27.6 Å². The predicted molar refractivity (Wildman–Crippen MR) is 59.6 cm³/mol. The van der Waals surface area contributed by atoms with Gasteiger partial charge in [-0.25, -0.2) is 0 Å². The zero-order valence-electron chi connectivity index (χ0n) is 9.52. The molecule has 1 aliphatic heterocycles. The Hall–Kier alpha value is -2.77. The van der Waals surface area contributed by atoms with Gasteiger partial charge in [-0.3, -0.25) is 10.1 Å². The average Bonchev–Trinajstić information content (AvgIpc) is 2.43. The molecule has 0 saturated carbocycles. The van der Waals surface area contributed by atoms with Crippen LogP contribution in [0.3, 0.4) is 0 Å². The molecule has 0 atom stereocenters. The molecular weight excluding hydrogens is 279 g/mol. The fourth-order valence-electron chi connectivity index (χ4n) is 1.79. The van der Waals surface area contributed by atoms with E-state index >= 15 is 0 Å². The highest BCUT2D eigenvalue weighted by atomic mass is 19.2. The Morgan fingerprint density at radius 1 is 0.900 bits per heavy atom. The van der Waals surface area contributed by atoms with Gasteiger partial charge in [-0.15, -0.1) is 0 Å². The quantitative estimate of drug-likeness (QED) is 0.386. The van der Waals surface area contributed by atoms with Crippen LogP contribution in [-0.4, -0.2) is 4.92 Å². The van der Waals surface area contributed by atoms with Gasteiger partial charge in [-0.1, -0.05) is 12.1 Å². The molecule has 8 heteroatoms. The normalized spacial score (nSPS) is 11.9. The van der Waals surface area contributed by atoms with Crippen LogP contribution >= 0.6 is 0 Å². The van der Waals surface area contributed by atoms with Crippen LogP contribution in [0.1, 0.15) is 0 Å². The number of halogens is 3. The van der Waals surface area contributed by atoms with E-state index in [1.54, 1.807) is 12.1 Å². The first-order chi connectivity index (χ1) is 9.50. The first kappa shape index (κ1) is 12.3. The summed E-state index contributed by atoms with van der Waals surface area (Å²) in [5, 5.41) is 10.6. The minimum atomic E-state index is -1.94. The highest BCUT2D eigenvalue weighted by molar-refractivity contribution is 5.59. The maximum absolute atomic E-state index is 13.9. The number of para-hydroxylation sites is 2. The number of nitrogens with zero attached hydrogens (tertiary/aromatic N) is 1. The second kappa shape index (κ2) is 4.12. The van der Waals surface area contributed by atoms with E-state index in [1.807, 2.05) is 0 Å². The van der Waals surface area contributed by atoms with Crippen molar-refractivity contribution in [3.8, 4) is 23.0 Å². The summed E-state index contributed by atoms with van der Waals surface area (Å²) in [5.41, 5.74) is -1.62. The Bertz CT molecular complexity index is 748. The maximum Gasteiger partial charge on any atom is 0.347 e. The molecule has 0 spiro atoms. The minimum absolute atomic E-state index is 0.0409. The number of nitro groups is 1. The van der Waals surface area contributed by atoms with Crippen LogP contribution in [0.15, 0.2) is 24.3 Å². The van der Waals surface area contributed by atoms with Crippen LogP contribution in [0.4, 0.5) is 18.9 Å². The van der Waals surface area contributed by atoms with Crippen molar-refractivity contribution in [1.29, 1.82) is 0 Å². The van der Waals surface area contributed by atoms with Crippen molar-refractivity contribution in [2.45, 2.75) is 0 Å². The van der Waals surface area contributed by atoms with Crippen LogP contribution in [0.5, 0.6) is 23.0 Å². The van der Waals surface area contributed by atoms with E-state index in [4.69, 9.17) is 9.47 Å². The summed E-state index contributed by atoms with van der Waals surface area (Å²) in [7, 11) is 0. The van der Waals surface area contributed by atoms with Crippen molar-refractivity contribution < 1.29 is 27.6 Å². The van der Waals surface area contributed by atoms with Crippen molar-refractivity contribution in [2.75, 3.05) is 0 Å². The summed E-state index contributed by atoms with van der Waals surface area (Å²) in [6.45, 7) is 0. The molecule has 2 aromatic rings. The van der Waals surface area contributed by atoms with Crippen molar-refractivity contribution in [1.82, 2.24) is 0 Å². The molecule has 5 nitrogen and oxygen atoms in total. The summed E-state index contributed by atoms with van der Waals surface area (Å²) < 4.78 is 51.1. The van der Waals surface area contributed by atoms with E-state index in [0.717, 1.165) is 0 Å². The summed E-state index contributed by atoms with van der Waals surface area (Å²) in [6, 6.07) is 5.88. The third-order valence-corrected chi connectivity index (χ3v) is 2.67. The number of benzene rings is 2. The number of hydrogen-bond acceptors (Lipinski definition) is 4. The molecule has 1 heterocycles. The second-order valence-electron chi connectivity index (χ2n) is 3.86. The molecule has 20 heavy (non-hydrogen) atoms. The molecule has 0 radical (unpaired) electrons. The summed E-state index contributed by atoms with van der Waals surface area (Å²) >= 11 is 0. The highest BCUT2D eigenvalue weighted by Crippen LogP contribution is 2.50. The van der Waals surface area contributed by atoms with Gasteiger partial charge < -0.3 is 9.47 Å². The van der Waals surface area contributed by atoms with Crippen LogP contribution in [0.2, 0.25) is 0 Å². The van der Waals surface area contributed by atoms with E-state index in [2.05, 4.69) is 0 Å². The lowest BCUT2D eigenvalue weighted by Crippen LogP contribution is -2.08. The minimum Gasteiger partial charge on any atom is -0.446 e. The fraction of sp³-hybridized carbons (Fsp3) is 0. The SMILES string of the molecule is O=[N+]([O-])c1c(F)c(F)c2c(c1F)Oc1ccccc1O2. The standard InChI is InChI=1S/C12H4F3NO4/c13-7-8(14)11-12(9(15)10(7)16(17)18)20-6-4-2-1-3-5(6)19-11/h1-4H. The number of ether oxygens (including phenoxy) is 2. The monoisotopic (exact) mass is 283 g/mol. The number of nitro benzene ring substituents is 1. The van der Waals surface area contributed by atoms with Gasteiger partial charge in [0.1, 0.15) is 0 Å². The van der Waals surface area contributed by atoms with E-state index in [0.29, 0.717) is 0 Å². The van der Waals surface area contributed by atoms with Gasteiger partial charge >= 0.3 is 5.69 Å². The average molecular weight is 283 g/mol. The Kier molecular flexibility index (Phi) is 2.53. The number of rotatable bonds is 1. The van der Waals surface area contributed by atoms with E-state index in [-0.39, 0.29) is 11.5 Å². The Labute approximate surface area is 109 Å². The fourth-order valence-corrected chi connectivity index (χ4v) is 1.79. The lowest BCUT2D eigenvalue weighted by Gasteiger charge is -2.21.